The monoisotopic (exact) mass is 406 g/mol. The number of hydrogen-bond acceptors (Lipinski definition) is 3. The van der Waals surface area contributed by atoms with Gasteiger partial charge in [-0.15, -0.1) is 0 Å². The van der Waals surface area contributed by atoms with Crippen molar-refractivity contribution in [1.82, 2.24) is 5.32 Å². The molecule has 5 heteroatoms. The molecule has 2 aromatic carbocycles. The summed E-state index contributed by atoms with van der Waals surface area (Å²) in [6, 6.07) is 15.6. The van der Waals surface area contributed by atoms with E-state index in [1.165, 1.54) is 6.42 Å². The van der Waals surface area contributed by atoms with Crippen molar-refractivity contribution in [1.29, 1.82) is 0 Å². The number of carbonyl (C=O) groups excluding carboxylic acids is 2. The second kappa shape index (κ2) is 8.13. The molecule has 0 radical (unpaired) electrons. The normalized spacial score (nSPS) is 18.9. The minimum absolute atomic E-state index is 0.0269. The van der Waals surface area contributed by atoms with Gasteiger partial charge in [0.05, 0.1) is 17.9 Å². The lowest BCUT2D eigenvalue weighted by atomic mass is 9.68. The Kier molecular flexibility index (Phi) is 5.54. The Hall–Kier alpha value is -2.82. The zero-order chi connectivity index (χ0) is 21.2. The Morgan fingerprint density at radius 3 is 1.80 bits per heavy atom. The maximum atomic E-state index is 13.0. The minimum atomic E-state index is -0.448. The lowest BCUT2D eigenvalue weighted by Gasteiger charge is -2.36. The Balaban J connectivity index is 1.50. The molecule has 2 aliphatic carbocycles. The summed E-state index contributed by atoms with van der Waals surface area (Å²) in [5.41, 5.74) is 1.94. The summed E-state index contributed by atoms with van der Waals surface area (Å²) < 4.78 is 5.22. The van der Waals surface area contributed by atoms with Gasteiger partial charge in [0.15, 0.2) is 0 Å². The SMILES string of the molecule is CNC(=O)C1(c2ccc(NC(=O)C3(c4ccc(OC)cc4)CC3)cc2)CCCCC1. The first-order chi connectivity index (χ1) is 14.5. The molecule has 0 bridgehead atoms. The highest BCUT2D eigenvalue weighted by Crippen LogP contribution is 2.49. The van der Waals surface area contributed by atoms with Crippen molar-refractivity contribution >= 4 is 17.5 Å². The number of anilines is 1. The molecule has 158 valence electrons. The molecule has 0 aliphatic heterocycles. The maximum absolute atomic E-state index is 13.0. The van der Waals surface area contributed by atoms with Crippen molar-refractivity contribution in [3.63, 3.8) is 0 Å². The number of likely N-dealkylation sites (N-methyl/N-ethyl adjacent to an activating group) is 1. The van der Waals surface area contributed by atoms with Crippen molar-refractivity contribution in [2.75, 3.05) is 19.5 Å². The van der Waals surface area contributed by atoms with Crippen LogP contribution in [0.1, 0.15) is 56.1 Å². The van der Waals surface area contributed by atoms with E-state index in [-0.39, 0.29) is 11.8 Å². The number of ether oxygens (including phenoxy) is 1. The van der Waals surface area contributed by atoms with Gasteiger partial charge < -0.3 is 15.4 Å². The molecule has 5 nitrogen and oxygen atoms in total. The van der Waals surface area contributed by atoms with Crippen molar-refractivity contribution in [2.24, 2.45) is 0 Å². The zero-order valence-electron chi connectivity index (χ0n) is 17.8. The number of benzene rings is 2. The first kappa shape index (κ1) is 20.5. The molecule has 0 saturated heterocycles. The standard InChI is InChI=1S/C25H30N2O3/c1-26-22(28)24(14-4-3-5-15-24)18-6-10-20(11-7-18)27-23(29)25(16-17-25)19-8-12-21(30-2)13-9-19/h6-13H,3-5,14-17H2,1-2H3,(H,26,28)(H,27,29). The topological polar surface area (TPSA) is 67.4 Å². The average molecular weight is 407 g/mol. The van der Waals surface area contributed by atoms with Crippen molar-refractivity contribution in [2.45, 2.75) is 55.8 Å². The second-order valence-corrected chi connectivity index (χ2v) is 8.56. The molecule has 0 aromatic heterocycles. The molecule has 2 fully saturated rings. The van der Waals surface area contributed by atoms with Crippen LogP contribution in [-0.4, -0.2) is 26.0 Å². The van der Waals surface area contributed by atoms with Crippen LogP contribution in [0.4, 0.5) is 5.69 Å². The van der Waals surface area contributed by atoms with E-state index < -0.39 is 10.8 Å². The van der Waals surface area contributed by atoms with Gasteiger partial charge in [0.1, 0.15) is 5.75 Å². The predicted octanol–water partition coefficient (Wildman–Crippen LogP) is 4.31. The van der Waals surface area contributed by atoms with Crippen LogP contribution in [0.5, 0.6) is 5.75 Å². The van der Waals surface area contributed by atoms with E-state index in [1.54, 1.807) is 14.2 Å². The summed E-state index contributed by atoms with van der Waals surface area (Å²) in [4.78, 5) is 25.8. The van der Waals surface area contributed by atoms with E-state index in [0.29, 0.717) is 0 Å². The van der Waals surface area contributed by atoms with Gasteiger partial charge in [-0.25, -0.2) is 0 Å². The highest BCUT2D eigenvalue weighted by molar-refractivity contribution is 6.01. The van der Waals surface area contributed by atoms with Crippen LogP contribution in [0.25, 0.3) is 0 Å². The van der Waals surface area contributed by atoms with Crippen LogP contribution in [-0.2, 0) is 20.4 Å². The van der Waals surface area contributed by atoms with Gasteiger partial charge in [-0.1, -0.05) is 43.5 Å². The van der Waals surface area contributed by atoms with Crippen LogP contribution < -0.4 is 15.4 Å². The fourth-order valence-electron chi connectivity index (χ4n) is 4.85. The Morgan fingerprint density at radius 1 is 0.767 bits per heavy atom. The van der Waals surface area contributed by atoms with Crippen molar-refractivity contribution < 1.29 is 14.3 Å². The number of carbonyl (C=O) groups is 2. The Labute approximate surface area is 178 Å². The Bertz CT molecular complexity index is 908. The van der Waals surface area contributed by atoms with E-state index in [9.17, 15) is 9.59 Å². The fourth-order valence-corrected chi connectivity index (χ4v) is 4.85. The summed E-state index contributed by atoms with van der Waals surface area (Å²) >= 11 is 0. The maximum Gasteiger partial charge on any atom is 0.235 e. The van der Waals surface area contributed by atoms with Gasteiger partial charge >= 0.3 is 0 Å². The molecule has 2 N–H and O–H groups in total. The first-order valence-corrected chi connectivity index (χ1v) is 10.8. The lowest BCUT2D eigenvalue weighted by molar-refractivity contribution is -0.127. The van der Waals surface area contributed by atoms with Crippen LogP contribution in [0.3, 0.4) is 0 Å². The summed E-state index contributed by atoms with van der Waals surface area (Å²) in [7, 11) is 3.35. The Morgan fingerprint density at radius 2 is 1.30 bits per heavy atom. The molecule has 0 unspecified atom stereocenters. The number of hydrogen-bond donors (Lipinski definition) is 2. The van der Waals surface area contributed by atoms with Crippen molar-refractivity contribution in [3.8, 4) is 5.75 Å². The van der Waals surface area contributed by atoms with Gasteiger partial charge in [0, 0.05) is 12.7 Å². The number of rotatable bonds is 6. The molecule has 2 amide bonds. The zero-order valence-corrected chi connectivity index (χ0v) is 17.8. The molecular weight excluding hydrogens is 376 g/mol. The molecule has 2 aromatic rings. The van der Waals surface area contributed by atoms with Crippen LogP contribution >= 0.6 is 0 Å². The second-order valence-electron chi connectivity index (χ2n) is 8.56. The van der Waals surface area contributed by atoms with Crippen LogP contribution in [0, 0.1) is 0 Å². The smallest absolute Gasteiger partial charge is 0.235 e. The van der Waals surface area contributed by atoms with E-state index in [4.69, 9.17) is 4.74 Å². The average Bonchev–Trinajstić information content (AvgIpc) is 3.62. The number of nitrogens with one attached hydrogen (secondary N) is 2. The summed E-state index contributed by atoms with van der Waals surface area (Å²) in [5, 5.41) is 5.94. The van der Waals surface area contributed by atoms with Gasteiger partial charge in [0.25, 0.3) is 0 Å². The minimum Gasteiger partial charge on any atom is -0.497 e. The third kappa shape index (κ3) is 3.57. The summed E-state index contributed by atoms with van der Waals surface area (Å²) in [5.74, 6) is 0.910. The molecule has 0 heterocycles. The molecule has 0 spiro atoms. The third-order valence-corrected chi connectivity index (χ3v) is 6.89. The fraction of sp³-hybridized carbons (Fsp3) is 0.440. The van der Waals surface area contributed by atoms with E-state index >= 15 is 0 Å². The quantitative estimate of drug-likeness (QED) is 0.751. The predicted molar refractivity (Wildman–Crippen MR) is 118 cm³/mol. The molecule has 2 aliphatic rings. The van der Waals surface area contributed by atoms with Crippen LogP contribution in [0.2, 0.25) is 0 Å². The van der Waals surface area contributed by atoms with Gasteiger partial charge in [-0.2, -0.15) is 0 Å². The summed E-state index contributed by atoms with van der Waals surface area (Å²) in [6.07, 6.45) is 6.76. The lowest BCUT2D eigenvalue weighted by Crippen LogP contribution is -2.44. The van der Waals surface area contributed by atoms with E-state index in [2.05, 4.69) is 10.6 Å². The highest BCUT2D eigenvalue weighted by atomic mass is 16.5. The van der Waals surface area contributed by atoms with Crippen molar-refractivity contribution in [3.05, 3.63) is 59.7 Å². The summed E-state index contributed by atoms with van der Waals surface area (Å²) in [6.45, 7) is 0. The third-order valence-electron chi connectivity index (χ3n) is 6.89. The van der Waals surface area contributed by atoms with E-state index in [0.717, 1.165) is 61.1 Å². The van der Waals surface area contributed by atoms with Gasteiger partial charge in [-0.05, 0) is 61.1 Å². The van der Waals surface area contributed by atoms with Gasteiger partial charge in [0.2, 0.25) is 11.8 Å². The molecule has 4 rings (SSSR count). The largest absolute Gasteiger partial charge is 0.497 e. The first-order valence-electron chi connectivity index (χ1n) is 10.8. The van der Waals surface area contributed by atoms with Gasteiger partial charge in [-0.3, -0.25) is 9.59 Å². The number of amides is 2. The van der Waals surface area contributed by atoms with E-state index in [1.807, 2.05) is 48.5 Å². The number of methoxy groups -OCH3 is 1. The molecule has 0 atom stereocenters. The molecule has 2 saturated carbocycles. The highest BCUT2D eigenvalue weighted by Gasteiger charge is 2.51. The molecular formula is C25H30N2O3. The van der Waals surface area contributed by atoms with Crippen LogP contribution in [0.15, 0.2) is 48.5 Å². The molecule has 30 heavy (non-hydrogen) atoms.